The molecular weight excluding hydrogens is 1060 g/mol. The fraction of sp³-hybridized carbons (Fsp3) is 0. The van der Waals surface area contributed by atoms with E-state index in [1.54, 1.807) is 0 Å². The van der Waals surface area contributed by atoms with Gasteiger partial charge in [0.05, 0.1) is 63.1 Å². The Morgan fingerprint density at radius 1 is 0.226 bits per heavy atom. The van der Waals surface area contributed by atoms with Crippen molar-refractivity contribution in [3.8, 4) is 44.5 Å². The third-order valence-electron chi connectivity index (χ3n) is 14.1. The maximum absolute atomic E-state index is 9.68. The number of hydrogen-bond donors (Lipinski definition) is 0. The van der Waals surface area contributed by atoms with Gasteiger partial charge in [-0.15, -0.1) is 22.7 Å². The molecule has 390 valence electrons. The summed E-state index contributed by atoms with van der Waals surface area (Å²) in [7, 11) is 0. The zero-order chi connectivity index (χ0) is 95.0. The van der Waals surface area contributed by atoms with E-state index in [0.717, 1.165) is 0 Å². The number of hydrogen-bond acceptors (Lipinski definition) is 4. The average molecular weight is 1150 g/mol. The van der Waals surface area contributed by atoms with Crippen molar-refractivity contribution in [3.05, 3.63) is 278 Å². The van der Waals surface area contributed by atoms with Crippen LogP contribution in [-0.2, 0) is 0 Å². The fourth-order valence-corrected chi connectivity index (χ4v) is 12.6. The van der Waals surface area contributed by atoms with Gasteiger partial charge in [-0.05, 0) is 153 Å². The van der Waals surface area contributed by atoms with Crippen LogP contribution in [0.25, 0.3) is 183 Å². The van der Waals surface area contributed by atoms with Gasteiger partial charge in [0, 0.05) is 67.5 Å². The largest absolute Gasteiger partial charge is 0.456 e. The van der Waals surface area contributed by atoms with Crippen molar-refractivity contribution in [3.63, 3.8) is 0 Å². The highest BCUT2D eigenvalue weighted by Crippen LogP contribution is 2.50. The first-order chi connectivity index (χ1) is 60.8. The highest BCUT2D eigenvalue weighted by atomic mass is 32.1. The lowest BCUT2D eigenvalue weighted by Gasteiger charge is -2.18. The molecular formula is C80H46O2S2. The molecule has 15 aromatic carbocycles. The van der Waals surface area contributed by atoms with Crippen molar-refractivity contribution < 1.29 is 71.9 Å². The first kappa shape index (κ1) is 20.8. The first-order valence-electron chi connectivity index (χ1n) is 47.9. The Kier molecular flexibility index (Phi) is 4.60. The quantitative estimate of drug-likeness (QED) is 0.164. The topological polar surface area (TPSA) is 26.3 Å². The van der Waals surface area contributed by atoms with Gasteiger partial charge >= 0.3 is 0 Å². The maximum atomic E-state index is 9.68. The van der Waals surface area contributed by atoms with Crippen LogP contribution >= 0.6 is 22.7 Å². The van der Waals surface area contributed by atoms with E-state index in [9.17, 15) is 23.3 Å². The summed E-state index contributed by atoms with van der Waals surface area (Å²) in [6.07, 6.45) is 0. The minimum atomic E-state index is -0.905. The van der Waals surface area contributed by atoms with Crippen LogP contribution in [0.5, 0.6) is 0 Å². The van der Waals surface area contributed by atoms with Crippen molar-refractivity contribution in [2.24, 2.45) is 0 Å². The van der Waals surface area contributed by atoms with Gasteiger partial charge in [-0.2, -0.15) is 0 Å². The van der Waals surface area contributed by atoms with E-state index in [-0.39, 0.29) is 56.5 Å². The smallest absolute Gasteiger partial charge is 0.136 e. The van der Waals surface area contributed by atoms with Gasteiger partial charge in [0.25, 0.3) is 0 Å². The molecule has 0 amide bonds. The van der Waals surface area contributed by atoms with Crippen molar-refractivity contribution in [2.45, 2.75) is 0 Å². The number of fused-ring (bicyclic) bond motifs is 17. The molecule has 4 heteroatoms. The molecule has 0 saturated heterocycles. The molecule has 4 aromatic heterocycles. The van der Waals surface area contributed by atoms with Crippen molar-refractivity contribution in [2.75, 3.05) is 0 Å². The summed E-state index contributed by atoms with van der Waals surface area (Å²) >= 11 is 1.36. The molecule has 0 unspecified atom stereocenters. The van der Waals surface area contributed by atoms with Gasteiger partial charge in [0.2, 0.25) is 0 Å². The van der Waals surface area contributed by atoms with Crippen LogP contribution in [0.15, 0.2) is 287 Å². The maximum Gasteiger partial charge on any atom is 0.136 e. The molecule has 4 heterocycles. The van der Waals surface area contributed by atoms with Gasteiger partial charge in [-0.3, -0.25) is 0 Å². The van der Waals surface area contributed by atoms with Gasteiger partial charge < -0.3 is 8.83 Å². The summed E-state index contributed by atoms with van der Waals surface area (Å²) in [5.74, 6) is 0. The van der Waals surface area contributed by atoms with Crippen molar-refractivity contribution in [1.82, 2.24) is 0 Å². The van der Waals surface area contributed by atoms with Crippen LogP contribution in [0.1, 0.15) is 63.1 Å². The fourth-order valence-electron chi connectivity index (χ4n) is 10.6. The first-order valence-corrected chi connectivity index (χ1v) is 26.5. The Balaban J connectivity index is 0.000000176. The van der Waals surface area contributed by atoms with E-state index < -0.39 is 404 Å². The second-order valence-corrected chi connectivity index (χ2v) is 20.6. The highest BCUT2D eigenvalue weighted by molar-refractivity contribution is 7.26. The van der Waals surface area contributed by atoms with Crippen LogP contribution in [0.3, 0.4) is 0 Å². The van der Waals surface area contributed by atoms with Crippen LogP contribution < -0.4 is 0 Å². The van der Waals surface area contributed by atoms with E-state index in [0.29, 0.717) is 22.7 Å². The van der Waals surface area contributed by atoms with E-state index in [1.165, 1.54) is 0 Å². The Morgan fingerprint density at radius 3 is 1.17 bits per heavy atom. The highest BCUT2D eigenvalue weighted by Gasteiger charge is 2.22. The second-order valence-electron chi connectivity index (χ2n) is 18.5. The number of thiophene rings is 2. The van der Waals surface area contributed by atoms with Crippen molar-refractivity contribution >= 4 is 161 Å². The molecule has 19 rings (SSSR count). The summed E-state index contributed by atoms with van der Waals surface area (Å²) in [6, 6.07) is -34.8. The lowest BCUT2D eigenvalue weighted by molar-refractivity contribution is 0.669. The molecule has 0 radical (unpaired) electrons. The second kappa shape index (κ2) is 18.6. The van der Waals surface area contributed by atoms with Crippen LogP contribution in [0.2, 0.25) is 0 Å². The molecule has 2 nitrogen and oxygen atoms in total. The Labute approximate surface area is 554 Å². The molecule has 0 saturated carbocycles. The SMILES string of the molecule is [2H]c1c([2H])c([2H])c2c(oc3c([2H])c(-c4c5c([2H])c([2H])c([2H])c([2H])c5c(-c5c([2H])c([2H])c6c(sc7c([2H])c([2H])c([2H])c([2H])c76)c5[2H])c5c([2H])c([2H])c([2H])c([2H])c45)c([2H])c([2H])c32)c1[2H].[2H]c1c([2H])c([2H])c2c(sc3c(-c4c5c([2H])c([2H])c([2H])c([2H])c5c(-c5c([2H])c([2H])c6c(oc7c([2H])c8c([2H])c([2H])c([2H])c([2H])c8c([2H])c76)c5[2H])c5c([2H])c([2H])c([2H])c([2H])c45)c([2H])c([2H])c([2H])c32)c1[2H]. The average Bonchev–Trinajstić information content (AvgIpc) is 1.16. The molecule has 0 bridgehead atoms. The standard InChI is InChI=1S/C42H24OS.C38H22OS/c1-2-11-26-23-38-36(22-25(26)10-1)28-21-20-27(24-37(28)43-38)40-30-13-3-5-15-32(30)41(33-16-6-4-14-31(33)40)35-18-9-17-34-29-12-7-8-19-39(29)44-42(34)35;1-3-13-31-29(11-1)37(23-17-19-26-25-9-5-7-15-33(25)39-34(26)21-23)30-12-2-4-14-32(30)38(31)24-18-20-28-27-10-6-8-16-35(27)40-36(28)22-24/h1-24H;1-22H/i1D,2D,3D,4D,5D,6D,7D,8D,9D,10D,11D,12D,13D,14D,15D,16D,17D,18D,19D,20D,21D,22D,23D,24D;1D,2D,3D,4D,5D,6D,7D,8D,9D,10D,11D,12D,13D,14D,15D,16D,17D,18D,19D,20D,21D,22D. The zero-order valence-electron chi connectivity index (χ0n) is 87.6. The van der Waals surface area contributed by atoms with Crippen molar-refractivity contribution in [1.29, 1.82) is 0 Å². The Hall–Kier alpha value is -10.4. The lowest BCUT2D eigenvalue weighted by atomic mass is 9.85. The number of para-hydroxylation sites is 1. The van der Waals surface area contributed by atoms with Gasteiger partial charge in [0.1, 0.15) is 22.3 Å². The summed E-state index contributed by atoms with van der Waals surface area (Å²) in [4.78, 5) is 0. The van der Waals surface area contributed by atoms with Gasteiger partial charge in [-0.1, -0.05) is 218 Å². The predicted molar refractivity (Wildman–Crippen MR) is 362 cm³/mol. The van der Waals surface area contributed by atoms with E-state index >= 15 is 0 Å². The molecule has 84 heavy (non-hydrogen) atoms. The van der Waals surface area contributed by atoms with Gasteiger partial charge in [-0.25, -0.2) is 0 Å². The minimum Gasteiger partial charge on any atom is -0.456 e. The molecule has 0 N–H and O–H groups in total. The summed E-state index contributed by atoms with van der Waals surface area (Å²) in [6.45, 7) is 0. The molecule has 19 aromatic rings. The molecule has 0 aliphatic carbocycles. The van der Waals surface area contributed by atoms with Gasteiger partial charge in [0.15, 0.2) is 0 Å². The number of rotatable bonds is 4. The van der Waals surface area contributed by atoms with E-state index in [4.69, 9.17) is 48.6 Å². The lowest BCUT2D eigenvalue weighted by Crippen LogP contribution is -1.91. The monoisotopic (exact) mass is 1150 g/mol. The summed E-state index contributed by atoms with van der Waals surface area (Å²) in [5, 5.41) is -7.70. The molecule has 0 fully saturated rings. The number of benzene rings is 15. The third kappa shape index (κ3) is 7.21. The predicted octanol–water partition coefficient (Wildman–Crippen LogP) is 24.3. The van der Waals surface area contributed by atoms with Crippen LogP contribution in [-0.4, -0.2) is 0 Å². The molecule has 0 atom stereocenters. The Bertz CT molecular complexity index is 8400. The number of furan rings is 2. The van der Waals surface area contributed by atoms with Crippen LogP contribution in [0, 0.1) is 0 Å². The Morgan fingerprint density at radius 2 is 0.595 bits per heavy atom. The summed E-state index contributed by atoms with van der Waals surface area (Å²) < 4.78 is 422. The van der Waals surface area contributed by atoms with E-state index in [2.05, 4.69) is 0 Å². The van der Waals surface area contributed by atoms with E-state index in [1.807, 2.05) is 0 Å². The molecule has 0 spiro atoms. The van der Waals surface area contributed by atoms with Crippen LogP contribution in [0.4, 0.5) is 0 Å². The molecule has 0 aliphatic heterocycles. The minimum absolute atomic E-state index is 0.0513. The normalized spacial score (nSPS) is 19.7. The molecule has 0 aliphatic rings. The third-order valence-corrected chi connectivity index (χ3v) is 16.2. The zero-order valence-corrected chi connectivity index (χ0v) is 43.3. The summed E-state index contributed by atoms with van der Waals surface area (Å²) in [5.41, 5.74) is -6.63.